The molecule has 2 nitrogen and oxygen atoms in total. The monoisotopic (exact) mass is 185 g/mol. The van der Waals surface area contributed by atoms with E-state index in [4.69, 9.17) is 0 Å². The van der Waals surface area contributed by atoms with Gasteiger partial charge in [-0.05, 0) is 43.2 Å². The predicted molar refractivity (Wildman–Crippen MR) is 56.6 cm³/mol. The number of aromatic nitrogens is 1. The number of fused-ring (bicyclic) bond motifs is 1. The fourth-order valence-corrected chi connectivity index (χ4v) is 1.47. The Hall–Kier alpha value is -1.70. The van der Waals surface area contributed by atoms with Crippen molar-refractivity contribution >= 4 is 17.2 Å². The molecule has 0 atom stereocenters. The first-order valence-corrected chi connectivity index (χ1v) is 4.54. The van der Waals surface area contributed by atoms with Gasteiger partial charge in [-0.15, -0.1) is 0 Å². The van der Waals surface area contributed by atoms with E-state index in [0.29, 0.717) is 5.69 Å². The summed E-state index contributed by atoms with van der Waals surface area (Å²) in [6.07, 6.45) is 0.772. The maximum atomic E-state index is 10.5. The highest BCUT2D eigenvalue weighted by Crippen LogP contribution is 2.17. The number of rotatable bonds is 1. The van der Waals surface area contributed by atoms with Crippen molar-refractivity contribution in [2.75, 3.05) is 0 Å². The molecule has 1 aromatic carbocycles. The molecule has 0 saturated heterocycles. The van der Waals surface area contributed by atoms with Crippen LogP contribution < -0.4 is 0 Å². The summed E-state index contributed by atoms with van der Waals surface area (Å²) in [6.45, 7) is 4.12. The summed E-state index contributed by atoms with van der Waals surface area (Å²) >= 11 is 0. The molecule has 0 aliphatic heterocycles. The topological polar surface area (TPSA) is 30.0 Å². The van der Waals surface area contributed by atoms with Gasteiger partial charge in [0.15, 0.2) is 6.29 Å². The first kappa shape index (κ1) is 8.88. The number of carbonyl (C=O) groups excluding carboxylic acids is 1. The lowest BCUT2D eigenvalue weighted by molar-refractivity contribution is 0.111. The SMILES string of the molecule is Cc1cc2ccc(C=O)nc2cc1C. The van der Waals surface area contributed by atoms with E-state index in [0.717, 1.165) is 17.2 Å². The largest absolute Gasteiger partial charge is 0.296 e. The summed E-state index contributed by atoms with van der Waals surface area (Å²) in [5.74, 6) is 0. The van der Waals surface area contributed by atoms with Gasteiger partial charge in [0.25, 0.3) is 0 Å². The fraction of sp³-hybridized carbons (Fsp3) is 0.167. The quantitative estimate of drug-likeness (QED) is 0.639. The highest BCUT2D eigenvalue weighted by molar-refractivity contribution is 5.84. The normalized spacial score (nSPS) is 10.4. The van der Waals surface area contributed by atoms with E-state index >= 15 is 0 Å². The minimum Gasteiger partial charge on any atom is -0.296 e. The predicted octanol–water partition coefficient (Wildman–Crippen LogP) is 2.66. The standard InChI is InChI=1S/C12H11NO/c1-8-5-10-3-4-11(7-14)13-12(10)6-9(8)2/h3-7H,1-2H3. The molecule has 0 saturated carbocycles. The van der Waals surface area contributed by atoms with Crippen LogP contribution in [0.1, 0.15) is 21.6 Å². The summed E-state index contributed by atoms with van der Waals surface area (Å²) in [7, 11) is 0. The van der Waals surface area contributed by atoms with Crippen molar-refractivity contribution in [1.82, 2.24) is 4.98 Å². The summed E-state index contributed by atoms with van der Waals surface area (Å²) < 4.78 is 0. The lowest BCUT2D eigenvalue weighted by atomic mass is 10.1. The third kappa shape index (κ3) is 1.39. The molecule has 14 heavy (non-hydrogen) atoms. The Kier molecular flexibility index (Phi) is 2.04. The molecule has 0 unspecified atom stereocenters. The Morgan fingerprint density at radius 2 is 1.86 bits per heavy atom. The van der Waals surface area contributed by atoms with Crippen LogP contribution >= 0.6 is 0 Å². The van der Waals surface area contributed by atoms with Gasteiger partial charge in [-0.25, -0.2) is 4.98 Å². The Morgan fingerprint density at radius 1 is 1.14 bits per heavy atom. The van der Waals surface area contributed by atoms with Crippen molar-refractivity contribution in [1.29, 1.82) is 0 Å². The molecule has 0 spiro atoms. The van der Waals surface area contributed by atoms with Crippen LogP contribution in [0.3, 0.4) is 0 Å². The maximum absolute atomic E-state index is 10.5. The van der Waals surface area contributed by atoms with E-state index in [1.165, 1.54) is 11.1 Å². The molecule has 0 aliphatic carbocycles. The minimum atomic E-state index is 0.487. The van der Waals surface area contributed by atoms with Crippen molar-refractivity contribution in [2.45, 2.75) is 13.8 Å². The molecule has 0 N–H and O–H groups in total. The van der Waals surface area contributed by atoms with Gasteiger partial charge < -0.3 is 0 Å². The van der Waals surface area contributed by atoms with E-state index in [1.807, 2.05) is 19.1 Å². The van der Waals surface area contributed by atoms with Crippen molar-refractivity contribution in [2.24, 2.45) is 0 Å². The van der Waals surface area contributed by atoms with Crippen molar-refractivity contribution in [3.63, 3.8) is 0 Å². The van der Waals surface area contributed by atoms with E-state index in [1.54, 1.807) is 6.07 Å². The summed E-state index contributed by atoms with van der Waals surface area (Å²) in [4.78, 5) is 14.8. The molecule has 0 bridgehead atoms. The van der Waals surface area contributed by atoms with E-state index in [9.17, 15) is 4.79 Å². The molecule has 2 heteroatoms. The summed E-state index contributed by atoms with van der Waals surface area (Å²) in [6, 6.07) is 7.77. The number of aryl methyl sites for hydroxylation is 2. The molecule has 70 valence electrons. The Balaban J connectivity index is 2.76. The number of aldehydes is 1. The van der Waals surface area contributed by atoms with Crippen LogP contribution in [-0.2, 0) is 0 Å². The highest BCUT2D eigenvalue weighted by Gasteiger charge is 2.00. The first-order chi connectivity index (χ1) is 6.70. The third-order valence-electron chi connectivity index (χ3n) is 2.45. The molecule has 0 radical (unpaired) electrons. The second-order valence-electron chi connectivity index (χ2n) is 3.48. The zero-order valence-corrected chi connectivity index (χ0v) is 8.24. The Bertz CT molecular complexity index is 503. The Labute approximate surface area is 82.6 Å². The smallest absolute Gasteiger partial charge is 0.168 e. The summed E-state index contributed by atoms with van der Waals surface area (Å²) in [5.41, 5.74) is 3.82. The number of benzene rings is 1. The molecule has 2 aromatic rings. The van der Waals surface area contributed by atoms with Gasteiger partial charge in [-0.1, -0.05) is 6.07 Å². The molecular formula is C12H11NO. The van der Waals surface area contributed by atoms with Gasteiger partial charge in [-0.2, -0.15) is 0 Å². The lowest BCUT2D eigenvalue weighted by Gasteiger charge is -2.03. The first-order valence-electron chi connectivity index (χ1n) is 4.54. The van der Waals surface area contributed by atoms with Crippen LogP contribution in [0, 0.1) is 13.8 Å². The molecule has 1 aromatic heterocycles. The lowest BCUT2D eigenvalue weighted by Crippen LogP contribution is -1.89. The zero-order chi connectivity index (χ0) is 10.1. The average molecular weight is 185 g/mol. The zero-order valence-electron chi connectivity index (χ0n) is 8.24. The maximum Gasteiger partial charge on any atom is 0.168 e. The fourth-order valence-electron chi connectivity index (χ4n) is 1.47. The van der Waals surface area contributed by atoms with E-state index < -0.39 is 0 Å². The van der Waals surface area contributed by atoms with Gasteiger partial charge in [-0.3, -0.25) is 4.79 Å². The van der Waals surface area contributed by atoms with Crippen LogP contribution in [0.4, 0.5) is 0 Å². The van der Waals surface area contributed by atoms with Gasteiger partial charge in [0, 0.05) is 5.39 Å². The number of hydrogen-bond acceptors (Lipinski definition) is 2. The van der Waals surface area contributed by atoms with Crippen LogP contribution in [0.2, 0.25) is 0 Å². The van der Waals surface area contributed by atoms with Crippen molar-refractivity contribution < 1.29 is 4.79 Å². The van der Waals surface area contributed by atoms with E-state index in [-0.39, 0.29) is 0 Å². The minimum absolute atomic E-state index is 0.487. The average Bonchev–Trinajstić information content (AvgIpc) is 2.19. The van der Waals surface area contributed by atoms with Gasteiger partial charge in [0.1, 0.15) is 5.69 Å². The van der Waals surface area contributed by atoms with Gasteiger partial charge in [0.2, 0.25) is 0 Å². The van der Waals surface area contributed by atoms with Crippen LogP contribution in [0.15, 0.2) is 24.3 Å². The number of nitrogens with zero attached hydrogens (tertiary/aromatic N) is 1. The second-order valence-corrected chi connectivity index (χ2v) is 3.48. The van der Waals surface area contributed by atoms with Crippen molar-refractivity contribution in [3.8, 4) is 0 Å². The second kappa shape index (κ2) is 3.22. The Morgan fingerprint density at radius 3 is 2.57 bits per heavy atom. The van der Waals surface area contributed by atoms with Crippen molar-refractivity contribution in [3.05, 3.63) is 41.1 Å². The molecule has 0 amide bonds. The van der Waals surface area contributed by atoms with Crippen LogP contribution in [0.25, 0.3) is 10.9 Å². The van der Waals surface area contributed by atoms with E-state index in [2.05, 4.69) is 18.0 Å². The van der Waals surface area contributed by atoms with Gasteiger partial charge in [0.05, 0.1) is 5.52 Å². The molecule has 0 fully saturated rings. The molecule has 2 rings (SSSR count). The number of hydrogen-bond donors (Lipinski definition) is 0. The van der Waals surface area contributed by atoms with Crippen LogP contribution in [0.5, 0.6) is 0 Å². The van der Waals surface area contributed by atoms with Gasteiger partial charge >= 0.3 is 0 Å². The molecular weight excluding hydrogens is 174 g/mol. The number of pyridine rings is 1. The van der Waals surface area contributed by atoms with Crippen LogP contribution in [-0.4, -0.2) is 11.3 Å². The summed E-state index contributed by atoms with van der Waals surface area (Å²) in [5, 5.41) is 1.08. The third-order valence-corrected chi connectivity index (χ3v) is 2.45. The molecule has 1 heterocycles. The highest BCUT2D eigenvalue weighted by atomic mass is 16.1. The molecule has 0 aliphatic rings. The number of carbonyl (C=O) groups is 1.